The van der Waals surface area contributed by atoms with Crippen molar-refractivity contribution in [2.24, 2.45) is 0 Å². The lowest BCUT2D eigenvalue weighted by Gasteiger charge is -2.25. The summed E-state index contributed by atoms with van der Waals surface area (Å²) in [4.78, 5) is 25.7. The van der Waals surface area contributed by atoms with Crippen LogP contribution in [0.25, 0.3) is 11.3 Å². The van der Waals surface area contributed by atoms with E-state index in [1.54, 1.807) is 36.4 Å². The highest BCUT2D eigenvalue weighted by Crippen LogP contribution is 2.39. The molecule has 0 radical (unpaired) electrons. The number of rotatable bonds is 6. The maximum Gasteiger partial charge on any atom is 0.342 e. The molecule has 1 aliphatic rings. The minimum absolute atomic E-state index is 0.0536. The van der Waals surface area contributed by atoms with Crippen LogP contribution in [0, 0.1) is 6.92 Å². The van der Waals surface area contributed by atoms with Crippen LogP contribution in [0.1, 0.15) is 52.4 Å². The first-order chi connectivity index (χ1) is 17.9. The average Bonchev–Trinajstić information content (AvgIpc) is 3.27. The summed E-state index contributed by atoms with van der Waals surface area (Å²) in [5, 5.41) is 21.4. The minimum Gasteiger partial charge on any atom is -0.507 e. The highest BCUT2D eigenvalue weighted by molar-refractivity contribution is 6.34. The zero-order chi connectivity index (χ0) is 25.9. The first kappa shape index (κ1) is 24.6. The molecule has 1 saturated carbocycles. The average molecular weight is 515 g/mol. The Morgan fingerprint density at radius 1 is 1.05 bits per heavy atom. The number of nitrogens with one attached hydrogen (secondary N) is 2. The number of phenols is 1. The van der Waals surface area contributed by atoms with Crippen LogP contribution >= 0.6 is 11.6 Å². The molecule has 0 bridgehead atoms. The van der Waals surface area contributed by atoms with E-state index in [9.17, 15) is 14.7 Å². The highest BCUT2D eigenvalue weighted by Gasteiger charge is 2.27. The van der Waals surface area contributed by atoms with Gasteiger partial charge in [0.05, 0.1) is 22.0 Å². The number of hydrogen-bond acceptors (Lipinski definition) is 4. The molecule has 7 nitrogen and oxygen atoms in total. The van der Waals surface area contributed by atoms with Crippen molar-refractivity contribution in [1.82, 2.24) is 15.1 Å². The van der Waals surface area contributed by atoms with E-state index in [1.807, 2.05) is 37.3 Å². The molecule has 37 heavy (non-hydrogen) atoms. The number of aryl methyl sites for hydroxylation is 1. The quantitative estimate of drug-likeness (QED) is 0.274. The molecule has 2 amide bonds. The van der Waals surface area contributed by atoms with Gasteiger partial charge in [0, 0.05) is 29.8 Å². The van der Waals surface area contributed by atoms with E-state index < -0.39 is 0 Å². The van der Waals surface area contributed by atoms with Gasteiger partial charge in [-0.15, -0.1) is 0 Å². The van der Waals surface area contributed by atoms with Gasteiger partial charge in [-0.05, 0) is 61.2 Å². The summed E-state index contributed by atoms with van der Waals surface area (Å²) in [7, 11) is 0. The van der Waals surface area contributed by atoms with Crippen molar-refractivity contribution in [2.45, 2.75) is 38.6 Å². The van der Waals surface area contributed by atoms with E-state index in [2.05, 4.69) is 15.7 Å². The Bertz CT molecular complexity index is 1480. The number of anilines is 1. The summed E-state index contributed by atoms with van der Waals surface area (Å²) in [5.74, 6) is -0.177. The fourth-order valence-electron chi connectivity index (χ4n) is 4.41. The van der Waals surface area contributed by atoms with Gasteiger partial charge in [0.2, 0.25) is 0 Å². The van der Waals surface area contributed by atoms with Gasteiger partial charge >= 0.3 is 6.03 Å². The Morgan fingerprint density at radius 2 is 1.81 bits per heavy atom. The molecule has 188 valence electrons. The zero-order valence-corrected chi connectivity index (χ0v) is 21.1. The fraction of sp³-hybridized carbons (Fsp3) is 0.207. The number of amides is 2. The number of phenolic OH excluding ortho intramolecular Hbond substituents is 1. The van der Waals surface area contributed by atoms with Crippen LogP contribution in [-0.2, 0) is 6.54 Å². The molecule has 0 saturated heterocycles. The van der Waals surface area contributed by atoms with Crippen molar-refractivity contribution in [2.75, 3.05) is 5.32 Å². The number of halogens is 1. The van der Waals surface area contributed by atoms with Gasteiger partial charge in [0.1, 0.15) is 5.75 Å². The van der Waals surface area contributed by atoms with E-state index in [1.165, 1.54) is 10.7 Å². The van der Waals surface area contributed by atoms with Gasteiger partial charge in [-0.25, -0.2) is 4.79 Å². The third-order valence-electron chi connectivity index (χ3n) is 6.79. The van der Waals surface area contributed by atoms with Crippen LogP contribution < -0.4 is 10.6 Å². The number of nitrogens with zero attached hydrogens (tertiary/aromatic N) is 2. The Hall–Kier alpha value is -4.10. The van der Waals surface area contributed by atoms with Crippen LogP contribution in [0.5, 0.6) is 5.75 Å². The summed E-state index contributed by atoms with van der Waals surface area (Å²) < 4.78 is 1.42. The van der Waals surface area contributed by atoms with Crippen molar-refractivity contribution < 1.29 is 14.7 Å². The molecule has 3 aromatic carbocycles. The third kappa shape index (κ3) is 5.22. The maximum absolute atomic E-state index is 13.1. The normalized spacial score (nSPS) is 13.1. The molecule has 0 unspecified atom stereocenters. The predicted molar refractivity (Wildman–Crippen MR) is 144 cm³/mol. The lowest BCUT2D eigenvalue weighted by Crippen LogP contribution is -2.31. The molecule has 0 spiro atoms. The van der Waals surface area contributed by atoms with Gasteiger partial charge in [-0.1, -0.05) is 54.4 Å². The molecule has 5 rings (SSSR count). The fourth-order valence-corrected chi connectivity index (χ4v) is 4.63. The SMILES string of the molecule is Cc1ccccc1CNC(=O)n1nc(-c2ccc(NC(=O)c3ccccc3Cl)cc2O)cc1C1CCC1. The Labute approximate surface area is 220 Å². The molecule has 1 aliphatic carbocycles. The Balaban J connectivity index is 1.37. The smallest absolute Gasteiger partial charge is 0.342 e. The maximum atomic E-state index is 13.1. The van der Waals surface area contributed by atoms with Crippen molar-refractivity contribution in [3.63, 3.8) is 0 Å². The highest BCUT2D eigenvalue weighted by atomic mass is 35.5. The standard InChI is InChI=1S/C29H27ClN4O3/c1-18-7-2-3-8-20(18)17-31-29(37)34-26(19-9-6-10-19)16-25(33-34)23-14-13-21(15-27(23)35)32-28(36)22-11-4-5-12-24(22)30/h2-5,7-8,11-16,19,35H,6,9-10,17H2,1H3,(H,31,37)(H,32,36). The summed E-state index contributed by atoms with van der Waals surface area (Å²) in [6, 6.07) is 21.1. The van der Waals surface area contributed by atoms with Gasteiger partial charge in [-0.3, -0.25) is 4.79 Å². The molecule has 0 aliphatic heterocycles. The molecule has 1 fully saturated rings. The second-order valence-electron chi connectivity index (χ2n) is 9.25. The lowest BCUT2D eigenvalue weighted by atomic mass is 9.82. The van der Waals surface area contributed by atoms with Crippen molar-refractivity contribution in [3.8, 4) is 17.0 Å². The monoisotopic (exact) mass is 514 g/mol. The van der Waals surface area contributed by atoms with E-state index in [4.69, 9.17) is 11.6 Å². The first-order valence-electron chi connectivity index (χ1n) is 12.2. The van der Waals surface area contributed by atoms with Crippen molar-refractivity contribution in [1.29, 1.82) is 0 Å². The van der Waals surface area contributed by atoms with E-state index in [0.717, 1.165) is 36.1 Å². The van der Waals surface area contributed by atoms with Gasteiger partial charge < -0.3 is 15.7 Å². The largest absolute Gasteiger partial charge is 0.507 e. The first-order valence-corrected chi connectivity index (χ1v) is 12.6. The number of aromatic nitrogens is 2. The van der Waals surface area contributed by atoms with Crippen LogP contribution in [0.4, 0.5) is 10.5 Å². The molecular weight excluding hydrogens is 488 g/mol. The van der Waals surface area contributed by atoms with Crippen molar-refractivity contribution in [3.05, 3.63) is 100 Å². The van der Waals surface area contributed by atoms with E-state index in [0.29, 0.717) is 34.1 Å². The summed E-state index contributed by atoms with van der Waals surface area (Å²) in [6.07, 6.45) is 3.10. The topological polar surface area (TPSA) is 96.3 Å². The van der Waals surface area contributed by atoms with Crippen LogP contribution in [0.15, 0.2) is 72.8 Å². The summed E-state index contributed by atoms with van der Waals surface area (Å²) >= 11 is 6.12. The number of hydrogen-bond donors (Lipinski definition) is 3. The van der Waals surface area contributed by atoms with Gasteiger partial charge in [-0.2, -0.15) is 9.78 Å². The van der Waals surface area contributed by atoms with E-state index in [-0.39, 0.29) is 23.6 Å². The number of carbonyl (C=O) groups excluding carboxylic acids is 2. The molecule has 3 N–H and O–H groups in total. The second-order valence-corrected chi connectivity index (χ2v) is 9.65. The number of carbonyl (C=O) groups is 2. The van der Waals surface area contributed by atoms with Crippen molar-refractivity contribution >= 4 is 29.2 Å². The third-order valence-corrected chi connectivity index (χ3v) is 7.12. The molecule has 1 heterocycles. The predicted octanol–water partition coefficient (Wildman–Crippen LogP) is 6.50. The number of benzene rings is 3. The molecule has 4 aromatic rings. The number of aromatic hydroxyl groups is 1. The molecule has 0 atom stereocenters. The van der Waals surface area contributed by atoms with Crippen LogP contribution in [0.2, 0.25) is 5.02 Å². The molecule has 1 aromatic heterocycles. The molecular formula is C29H27ClN4O3. The lowest BCUT2D eigenvalue weighted by molar-refractivity contribution is 0.102. The van der Waals surface area contributed by atoms with Crippen LogP contribution in [0.3, 0.4) is 0 Å². The Morgan fingerprint density at radius 3 is 2.51 bits per heavy atom. The van der Waals surface area contributed by atoms with Gasteiger partial charge in [0.15, 0.2) is 0 Å². The summed E-state index contributed by atoms with van der Waals surface area (Å²) in [6.45, 7) is 2.41. The van der Waals surface area contributed by atoms with Gasteiger partial charge in [0.25, 0.3) is 5.91 Å². The molecule has 8 heteroatoms. The zero-order valence-electron chi connectivity index (χ0n) is 20.4. The van der Waals surface area contributed by atoms with E-state index >= 15 is 0 Å². The minimum atomic E-state index is -0.375. The summed E-state index contributed by atoms with van der Waals surface area (Å²) in [5.41, 5.74) is 4.71. The second kappa shape index (κ2) is 10.5. The van der Waals surface area contributed by atoms with Crippen LogP contribution in [-0.4, -0.2) is 26.8 Å². The Kier molecular flexibility index (Phi) is 6.97.